The van der Waals surface area contributed by atoms with Gasteiger partial charge in [-0.25, -0.2) is 0 Å². The van der Waals surface area contributed by atoms with E-state index in [1.165, 1.54) is 16.9 Å². The molecule has 1 aromatic heterocycles. The zero-order valence-corrected chi connectivity index (χ0v) is 14.4. The molecule has 22 heavy (non-hydrogen) atoms. The molecule has 0 atom stereocenters. The number of hydrogen-bond donors (Lipinski definition) is 1. The summed E-state index contributed by atoms with van der Waals surface area (Å²) in [5, 5.41) is 13.2. The second kappa shape index (κ2) is 8.25. The lowest BCUT2D eigenvalue weighted by Crippen LogP contribution is -2.11. The van der Waals surface area contributed by atoms with E-state index in [1.54, 1.807) is 0 Å². The van der Waals surface area contributed by atoms with E-state index in [9.17, 15) is 4.79 Å². The zero-order chi connectivity index (χ0) is 15.9. The number of benzene rings is 1. The van der Waals surface area contributed by atoms with E-state index in [4.69, 9.17) is 11.6 Å². The highest BCUT2D eigenvalue weighted by molar-refractivity contribution is 7.15. The van der Waals surface area contributed by atoms with Crippen LogP contribution in [-0.4, -0.2) is 16.1 Å². The van der Waals surface area contributed by atoms with Crippen molar-refractivity contribution < 1.29 is 4.79 Å². The molecule has 0 saturated heterocycles. The van der Waals surface area contributed by atoms with Gasteiger partial charge in [0.05, 0.1) is 0 Å². The summed E-state index contributed by atoms with van der Waals surface area (Å²) in [7, 11) is 0. The third kappa shape index (κ3) is 5.73. The van der Waals surface area contributed by atoms with Crippen molar-refractivity contribution in [2.75, 3.05) is 5.32 Å². The van der Waals surface area contributed by atoms with Gasteiger partial charge in [0.1, 0.15) is 5.01 Å². The normalized spacial score (nSPS) is 10.9. The number of anilines is 1. The summed E-state index contributed by atoms with van der Waals surface area (Å²) in [6.07, 6.45) is 3.02. The van der Waals surface area contributed by atoms with Crippen molar-refractivity contribution >= 4 is 34.0 Å². The molecule has 1 aromatic carbocycles. The molecule has 6 heteroatoms. The SMILES string of the molecule is CC(C)Cc1nnc(NC(=O)CCCc2ccc(Cl)cc2)s1. The summed E-state index contributed by atoms with van der Waals surface area (Å²) in [6.45, 7) is 4.27. The maximum atomic E-state index is 11.9. The number of amides is 1. The highest BCUT2D eigenvalue weighted by Gasteiger charge is 2.09. The van der Waals surface area contributed by atoms with E-state index in [0.29, 0.717) is 17.5 Å². The van der Waals surface area contributed by atoms with Crippen molar-refractivity contribution in [3.05, 3.63) is 39.9 Å². The largest absolute Gasteiger partial charge is 0.301 e. The molecule has 1 amide bonds. The van der Waals surface area contributed by atoms with E-state index >= 15 is 0 Å². The summed E-state index contributed by atoms with van der Waals surface area (Å²) < 4.78 is 0. The first-order chi connectivity index (χ1) is 10.5. The van der Waals surface area contributed by atoms with Gasteiger partial charge in [-0.3, -0.25) is 4.79 Å². The molecule has 118 valence electrons. The topological polar surface area (TPSA) is 54.9 Å². The fourth-order valence-electron chi connectivity index (χ4n) is 2.02. The summed E-state index contributed by atoms with van der Waals surface area (Å²) in [5.74, 6) is 0.525. The van der Waals surface area contributed by atoms with Crippen LogP contribution in [0.15, 0.2) is 24.3 Å². The van der Waals surface area contributed by atoms with Crippen LogP contribution in [0.5, 0.6) is 0 Å². The Morgan fingerprint density at radius 3 is 2.68 bits per heavy atom. The Morgan fingerprint density at radius 1 is 1.27 bits per heavy atom. The molecule has 0 saturated carbocycles. The Bertz CT molecular complexity index is 610. The molecule has 0 bridgehead atoms. The van der Waals surface area contributed by atoms with Gasteiger partial charge >= 0.3 is 0 Å². The number of aryl methyl sites for hydroxylation is 1. The Labute approximate surface area is 139 Å². The zero-order valence-electron chi connectivity index (χ0n) is 12.8. The van der Waals surface area contributed by atoms with Gasteiger partial charge in [0.25, 0.3) is 0 Å². The van der Waals surface area contributed by atoms with Crippen molar-refractivity contribution in [3.8, 4) is 0 Å². The van der Waals surface area contributed by atoms with Gasteiger partial charge in [-0.15, -0.1) is 10.2 Å². The van der Waals surface area contributed by atoms with Crippen LogP contribution >= 0.6 is 22.9 Å². The van der Waals surface area contributed by atoms with Crippen molar-refractivity contribution in [3.63, 3.8) is 0 Å². The third-order valence-corrected chi connectivity index (χ3v) is 4.19. The number of aromatic nitrogens is 2. The minimum absolute atomic E-state index is 0.0128. The van der Waals surface area contributed by atoms with Crippen LogP contribution in [-0.2, 0) is 17.6 Å². The fraction of sp³-hybridized carbons (Fsp3) is 0.438. The average Bonchev–Trinajstić information content (AvgIpc) is 2.87. The molecule has 0 aliphatic carbocycles. The molecular formula is C16H20ClN3OS. The molecule has 0 unspecified atom stereocenters. The molecule has 0 radical (unpaired) electrons. The van der Waals surface area contributed by atoms with Gasteiger partial charge in [-0.2, -0.15) is 0 Å². The minimum atomic E-state index is -0.0128. The first-order valence-electron chi connectivity index (χ1n) is 7.39. The van der Waals surface area contributed by atoms with E-state index < -0.39 is 0 Å². The number of nitrogens with one attached hydrogen (secondary N) is 1. The predicted molar refractivity (Wildman–Crippen MR) is 91.5 cm³/mol. The van der Waals surface area contributed by atoms with E-state index in [-0.39, 0.29) is 5.91 Å². The molecule has 4 nitrogen and oxygen atoms in total. The summed E-state index contributed by atoms with van der Waals surface area (Å²) in [5.41, 5.74) is 1.19. The van der Waals surface area contributed by atoms with Crippen LogP contribution in [0.4, 0.5) is 5.13 Å². The molecule has 1 N–H and O–H groups in total. The van der Waals surface area contributed by atoms with E-state index in [0.717, 1.165) is 29.3 Å². The Morgan fingerprint density at radius 2 is 2.00 bits per heavy atom. The minimum Gasteiger partial charge on any atom is -0.301 e. The molecule has 0 aliphatic heterocycles. The first-order valence-corrected chi connectivity index (χ1v) is 8.59. The number of rotatable bonds is 7. The molecule has 0 spiro atoms. The second-order valence-corrected chi connectivity index (χ2v) is 7.13. The number of carbonyl (C=O) groups is 1. The predicted octanol–water partition coefficient (Wildman–Crippen LogP) is 4.35. The lowest BCUT2D eigenvalue weighted by molar-refractivity contribution is -0.116. The van der Waals surface area contributed by atoms with Crippen molar-refractivity contribution in [1.82, 2.24) is 10.2 Å². The third-order valence-electron chi connectivity index (χ3n) is 3.08. The standard InChI is InChI=1S/C16H20ClN3OS/c1-11(2)10-15-19-20-16(22-15)18-14(21)5-3-4-12-6-8-13(17)9-7-12/h6-9,11H,3-5,10H2,1-2H3,(H,18,20,21). The molecule has 1 heterocycles. The molecular weight excluding hydrogens is 318 g/mol. The van der Waals surface area contributed by atoms with Crippen molar-refractivity contribution in [2.24, 2.45) is 5.92 Å². The monoisotopic (exact) mass is 337 g/mol. The van der Waals surface area contributed by atoms with Crippen LogP contribution in [0.2, 0.25) is 5.02 Å². The smallest absolute Gasteiger partial charge is 0.226 e. The van der Waals surface area contributed by atoms with Gasteiger partial charge < -0.3 is 5.32 Å². The van der Waals surface area contributed by atoms with Gasteiger partial charge in [0.2, 0.25) is 11.0 Å². The average molecular weight is 338 g/mol. The number of halogens is 1. The van der Waals surface area contributed by atoms with Crippen LogP contribution in [0.1, 0.15) is 37.3 Å². The van der Waals surface area contributed by atoms with Crippen LogP contribution in [0.25, 0.3) is 0 Å². The fourth-order valence-corrected chi connectivity index (χ4v) is 3.12. The number of hydrogen-bond acceptors (Lipinski definition) is 4. The lowest BCUT2D eigenvalue weighted by Gasteiger charge is -2.02. The lowest BCUT2D eigenvalue weighted by atomic mass is 10.1. The molecule has 2 aromatic rings. The molecule has 0 aliphatic rings. The first kappa shape index (κ1) is 16.9. The maximum Gasteiger partial charge on any atom is 0.226 e. The molecule has 0 fully saturated rings. The van der Waals surface area contributed by atoms with Crippen molar-refractivity contribution in [1.29, 1.82) is 0 Å². The highest BCUT2D eigenvalue weighted by atomic mass is 35.5. The molecule has 2 rings (SSSR count). The van der Waals surface area contributed by atoms with Gasteiger partial charge in [0.15, 0.2) is 0 Å². The second-order valence-electron chi connectivity index (χ2n) is 5.63. The van der Waals surface area contributed by atoms with Crippen LogP contribution in [0, 0.1) is 5.92 Å². The number of nitrogens with zero attached hydrogens (tertiary/aromatic N) is 2. The summed E-state index contributed by atoms with van der Waals surface area (Å²) in [4.78, 5) is 11.9. The van der Waals surface area contributed by atoms with E-state index in [2.05, 4.69) is 29.4 Å². The van der Waals surface area contributed by atoms with Gasteiger partial charge in [-0.05, 0) is 36.5 Å². The Kier molecular flexibility index (Phi) is 6.34. The highest BCUT2D eigenvalue weighted by Crippen LogP contribution is 2.18. The van der Waals surface area contributed by atoms with E-state index in [1.807, 2.05) is 24.3 Å². The van der Waals surface area contributed by atoms with Crippen LogP contribution < -0.4 is 5.32 Å². The number of carbonyl (C=O) groups excluding carboxylic acids is 1. The maximum absolute atomic E-state index is 11.9. The van der Waals surface area contributed by atoms with Crippen molar-refractivity contribution in [2.45, 2.75) is 39.5 Å². The quantitative estimate of drug-likeness (QED) is 0.817. The Balaban J connectivity index is 1.73. The summed E-state index contributed by atoms with van der Waals surface area (Å²) in [6, 6.07) is 7.72. The summed E-state index contributed by atoms with van der Waals surface area (Å²) >= 11 is 7.30. The van der Waals surface area contributed by atoms with Crippen LogP contribution in [0.3, 0.4) is 0 Å². The van der Waals surface area contributed by atoms with Gasteiger partial charge in [-0.1, -0.05) is 48.9 Å². The van der Waals surface area contributed by atoms with Gasteiger partial charge in [0, 0.05) is 17.9 Å². The Hall–Kier alpha value is -1.46.